The van der Waals surface area contributed by atoms with Crippen molar-refractivity contribution in [1.82, 2.24) is 29.3 Å². The van der Waals surface area contributed by atoms with Gasteiger partial charge in [0.05, 0.1) is 12.2 Å². The lowest BCUT2D eigenvalue weighted by atomic mass is 9.93. The molecule has 1 saturated heterocycles. The van der Waals surface area contributed by atoms with Crippen LogP contribution in [-0.2, 0) is 6.54 Å². The summed E-state index contributed by atoms with van der Waals surface area (Å²) in [6.07, 6.45) is 13.9. The number of carbonyl (C=O) groups excluding carboxylic acids is 1. The van der Waals surface area contributed by atoms with Gasteiger partial charge < -0.3 is 9.64 Å². The van der Waals surface area contributed by atoms with Crippen LogP contribution >= 0.6 is 11.9 Å². The minimum Gasteiger partial charge on any atom is -0.477 e. The largest absolute Gasteiger partial charge is 0.477 e. The number of pyridine rings is 1. The minimum atomic E-state index is -0.171. The Balaban J connectivity index is 1.13. The van der Waals surface area contributed by atoms with Crippen LogP contribution in [0.25, 0.3) is 5.82 Å². The van der Waals surface area contributed by atoms with E-state index in [0.717, 1.165) is 61.6 Å². The molecule has 2 saturated carbocycles. The first-order valence-corrected chi connectivity index (χ1v) is 15.7. The smallest absolute Gasteiger partial charge is 0.265 e. The Labute approximate surface area is 240 Å². The highest BCUT2D eigenvalue weighted by molar-refractivity contribution is 7.97. The molecule has 0 aromatic carbocycles. The topological polar surface area (TPSA) is 90.1 Å². The normalized spacial score (nSPS) is 22.6. The second-order valence-corrected chi connectivity index (χ2v) is 13.5. The lowest BCUT2D eigenvalue weighted by Crippen LogP contribution is -2.40. The standard InChI is InChI=1S/C30H39N7O2S/c1-30(2)18-20-4-3-14-35-15-12-27(33-35)40-34-29(38)24-9-10-25(31-28(24)36(30)19-20)37-16-11-26(32-37)39-17-13-23(21-5-6-21)22-7-8-22/h9-12,15-16,20-23H,3-8,13-14,17-19H2,1-2H3,(H,34,38). The zero-order valence-corrected chi connectivity index (χ0v) is 24.3. The van der Waals surface area contributed by atoms with Crippen molar-refractivity contribution in [3.63, 3.8) is 0 Å². The number of carbonyl (C=O) groups is 1. The predicted molar refractivity (Wildman–Crippen MR) is 155 cm³/mol. The number of ether oxygens (including phenoxy) is 1. The molecule has 7 rings (SSSR count). The maximum Gasteiger partial charge on any atom is 0.265 e. The van der Waals surface area contributed by atoms with Crippen molar-refractivity contribution in [3.05, 3.63) is 42.2 Å². The third kappa shape index (κ3) is 5.47. The number of aromatic nitrogens is 5. The molecule has 1 unspecified atom stereocenters. The molecular formula is C30H39N7O2S. The highest BCUT2D eigenvalue weighted by Gasteiger charge is 2.42. The number of rotatable bonds is 7. The average Bonchev–Trinajstić information content (AvgIpc) is 3.84. The fraction of sp³-hybridized carbons (Fsp3) is 0.600. The van der Waals surface area contributed by atoms with E-state index in [2.05, 4.69) is 28.6 Å². The summed E-state index contributed by atoms with van der Waals surface area (Å²) in [6.45, 7) is 6.98. The molecule has 0 radical (unpaired) electrons. The van der Waals surface area contributed by atoms with E-state index in [1.165, 1.54) is 37.6 Å². The first-order valence-electron chi connectivity index (χ1n) is 14.9. The Morgan fingerprint density at radius 2 is 1.90 bits per heavy atom. The maximum atomic E-state index is 13.4. The first kappa shape index (κ1) is 25.9. The van der Waals surface area contributed by atoms with Gasteiger partial charge in [-0.1, -0.05) is 0 Å². The summed E-state index contributed by atoms with van der Waals surface area (Å²) in [5, 5.41) is 10.1. The van der Waals surface area contributed by atoms with Crippen molar-refractivity contribution in [2.75, 3.05) is 18.1 Å². The molecule has 2 aliphatic carbocycles. The molecule has 10 heteroatoms. The number of nitrogens with zero attached hydrogens (tertiary/aromatic N) is 6. The molecule has 212 valence electrons. The molecule has 4 bridgehead atoms. The molecule has 40 heavy (non-hydrogen) atoms. The van der Waals surface area contributed by atoms with Gasteiger partial charge in [0, 0.05) is 49.0 Å². The van der Waals surface area contributed by atoms with Gasteiger partial charge >= 0.3 is 0 Å². The highest BCUT2D eigenvalue weighted by Crippen LogP contribution is 2.50. The molecule has 1 atom stereocenters. The van der Waals surface area contributed by atoms with Crippen molar-refractivity contribution in [2.45, 2.75) is 82.3 Å². The Morgan fingerprint density at radius 3 is 2.70 bits per heavy atom. The van der Waals surface area contributed by atoms with Gasteiger partial charge in [-0.2, -0.15) is 5.10 Å². The van der Waals surface area contributed by atoms with Crippen LogP contribution in [0.3, 0.4) is 0 Å². The summed E-state index contributed by atoms with van der Waals surface area (Å²) in [4.78, 5) is 20.8. The van der Waals surface area contributed by atoms with E-state index in [0.29, 0.717) is 35.6 Å². The fourth-order valence-corrected chi connectivity index (χ4v) is 7.42. The summed E-state index contributed by atoms with van der Waals surface area (Å²) >= 11 is 1.25. The second kappa shape index (κ2) is 10.4. The summed E-state index contributed by atoms with van der Waals surface area (Å²) in [7, 11) is 0. The number of amides is 1. The fourth-order valence-electron chi connectivity index (χ4n) is 6.84. The van der Waals surface area contributed by atoms with Crippen LogP contribution in [0.4, 0.5) is 5.82 Å². The van der Waals surface area contributed by atoms with E-state index in [1.807, 2.05) is 41.3 Å². The van der Waals surface area contributed by atoms with E-state index in [4.69, 9.17) is 14.8 Å². The summed E-state index contributed by atoms with van der Waals surface area (Å²) in [5.74, 6) is 5.07. The van der Waals surface area contributed by atoms with E-state index >= 15 is 0 Å². The van der Waals surface area contributed by atoms with Gasteiger partial charge in [-0.15, -0.1) is 5.10 Å². The number of nitrogens with one attached hydrogen (secondary N) is 1. The van der Waals surface area contributed by atoms with Gasteiger partial charge in [0.2, 0.25) is 5.88 Å². The molecule has 1 N–H and O–H groups in total. The maximum absolute atomic E-state index is 13.4. The van der Waals surface area contributed by atoms with Crippen LogP contribution in [0.5, 0.6) is 5.88 Å². The summed E-state index contributed by atoms with van der Waals surface area (Å²) in [6, 6.07) is 7.60. The van der Waals surface area contributed by atoms with Crippen LogP contribution in [0, 0.1) is 23.7 Å². The predicted octanol–water partition coefficient (Wildman–Crippen LogP) is 5.50. The van der Waals surface area contributed by atoms with Crippen molar-refractivity contribution in [1.29, 1.82) is 0 Å². The monoisotopic (exact) mass is 561 g/mol. The van der Waals surface area contributed by atoms with Crippen LogP contribution in [0.15, 0.2) is 41.7 Å². The zero-order chi connectivity index (χ0) is 27.3. The second-order valence-electron chi connectivity index (χ2n) is 12.7. The number of hydrogen-bond acceptors (Lipinski definition) is 7. The molecule has 9 nitrogen and oxygen atoms in total. The molecule has 3 aromatic rings. The van der Waals surface area contributed by atoms with Crippen LogP contribution in [0.2, 0.25) is 0 Å². The van der Waals surface area contributed by atoms with Gasteiger partial charge in [0.15, 0.2) is 5.82 Å². The van der Waals surface area contributed by atoms with E-state index < -0.39 is 0 Å². The number of anilines is 1. The molecular weight excluding hydrogens is 522 g/mol. The molecule has 1 amide bonds. The van der Waals surface area contributed by atoms with Gasteiger partial charge in [0.25, 0.3) is 5.91 Å². The Hall–Kier alpha value is -3.01. The Morgan fingerprint density at radius 1 is 1.07 bits per heavy atom. The van der Waals surface area contributed by atoms with E-state index in [1.54, 1.807) is 4.68 Å². The van der Waals surface area contributed by atoms with Crippen molar-refractivity contribution in [2.24, 2.45) is 23.7 Å². The molecule has 2 aliphatic heterocycles. The lowest BCUT2D eigenvalue weighted by Gasteiger charge is -2.34. The molecule has 0 spiro atoms. The zero-order valence-electron chi connectivity index (χ0n) is 23.5. The van der Waals surface area contributed by atoms with Crippen molar-refractivity contribution < 1.29 is 9.53 Å². The van der Waals surface area contributed by atoms with Gasteiger partial charge in [-0.25, -0.2) is 9.67 Å². The van der Waals surface area contributed by atoms with Gasteiger partial charge in [-0.3, -0.25) is 14.2 Å². The van der Waals surface area contributed by atoms with Crippen LogP contribution in [0.1, 0.15) is 75.6 Å². The average molecular weight is 562 g/mol. The molecule has 4 aliphatic rings. The lowest BCUT2D eigenvalue weighted by molar-refractivity contribution is 0.0984. The third-order valence-electron chi connectivity index (χ3n) is 9.14. The summed E-state index contributed by atoms with van der Waals surface area (Å²) < 4.78 is 12.8. The minimum absolute atomic E-state index is 0.116. The Kier molecular flexibility index (Phi) is 6.76. The first-order chi connectivity index (χ1) is 19.4. The number of aryl methyl sites for hydroxylation is 1. The molecule has 3 fully saturated rings. The van der Waals surface area contributed by atoms with E-state index in [-0.39, 0.29) is 11.4 Å². The number of fused-ring (bicyclic) bond motifs is 6. The Bertz CT molecular complexity index is 1360. The third-order valence-corrected chi connectivity index (χ3v) is 9.85. The van der Waals surface area contributed by atoms with E-state index in [9.17, 15) is 4.79 Å². The SMILES string of the molecule is CC1(C)CC2CCCn3ccc(n3)SNC(=O)c3ccc(-n4ccc(OCCC(C5CC5)C5CC5)n4)nc3N1C2. The summed E-state index contributed by atoms with van der Waals surface area (Å²) in [5.41, 5.74) is 0.450. The van der Waals surface area contributed by atoms with Crippen LogP contribution in [-0.4, -0.2) is 49.1 Å². The highest BCUT2D eigenvalue weighted by atomic mass is 32.2. The van der Waals surface area contributed by atoms with Crippen LogP contribution < -0.4 is 14.4 Å². The molecule has 3 aromatic heterocycles. The quantitative estimate of drug-likeness (QED) is 0.381. The van der Waals surface area contributed by atoms with Gasteiger partial charge in [-0.05, 0) is 107 Å². The number of hydrogen-bond donors (Lipinski definition) is 1. The van der Waals surface area contributed by atoms with Crippen molar-refractivity contribution in [3.8, 4) is 11.7 Å². The van der Waals surface area contributed by atoms with Crippen molar-refractivity contribution >= 4 is 23.7 Å². The molecule has 5 heterocycles. The van der Waals surface area contributed by atoms with Gasteiger partial charge in [0.1, 0.15) is 10.8 Å².